The SMILES string of the molecule is CCCN(Cc1c(C)nn(-c2ccccc2)c1Oc1ccc(OC)cc1)C(=O)NC(C)C. The molecule has 0 spiro atoms. The predicted molar refractivity (Wildman–Crippen MR) is 126 cm³/mol. The van der Waals surface area contributed by atoms with Crippen LogP contribution in [0, 0.1) is 6.92 Å². The minimum atomic E-state index is -0.0934. The molecule has 0 atom stereocenters. The Morgan fingerprint density at radius 3 is 2.34 bits per heavy atom. The van der Waals surface area contributed by atoms with Crippen molar-refractivity contribution in [1.29, 1.82) is 0 Å². The van der Waals surface area contributed by atoms with Crippen LogP contribution in [0.2, 0.25) is 0 Å². The van der Waals surface area contributed by atoms with Crippen LogP contribution in [0.5, 0.6) is 17.4 Å². The Bertz CT molecular complexity index is 1010. The third kappa shape index (κ3) is 5.60. The molecule has 1 heterocycles. The topological polar surface area (TPSA) is 68.6 Å². The normalized spacial score (nSPS) is 10.8. The highest BCUT2D eigenvalue weighted by Crippen LogP contribution is 2.32. The molecule has 3 aromatic rings. The molecule has 0 bridgehead atoms. The van der Waals surface area contributed by atoms with Gasteiger partial charge in [0.2, 0.25) is 5.88 Å². The zero-order chi connectivity index (χ0) is 23.1. The van der Waals surface area contributed by atoms with Gasteiger partial charge in [-0.15, -0.1) is 0 Å². The summed E-state index contributed by atoms with van der Waals surface area (Å²) >= 11 is 0. The number of nitrogens with zero attached hydrogens (tertiary/aromatic N) is 3. The number of aryl methyl sites for hydroxylation is 1. The average molecular weight is 437 g/mol. The third-order valence-electron chi connectivity index (χ3n) is 4.95. The summed E-state index contributed by atoms with van der Waals surface area (Å²) in [5.74, 6) is 2.01. The summed E-state index contributed by atoms with van der Waals surface area (Å²) in [6.07, 6.45) is 0.853. The fraction of sp³-hybridized carbons (Fsp3) is 0.360. The van der Waals surface area contributed by atoms with Gasteiger partial charge in [0.05, 0.1) is 30.6 Å². The zero-order valence-electron chi connectivity index (χ0n) is 19.5. The first kappa shape index (κ1) is 23.2. The fourth-order valence-corrected chi connectivity index (χ4v) is 3.38. The monoisotopic (exact) mass is 436 g/mol. The number of carbonyl (C=O) groups is 1. The van der Waals surface area contributed by atoms with Crippen molar-refractivity contribution >= 4 is 6.03 Å². The lowest BCUT2D eigenvalue weighted by Crippen LogP contribution is -2.43. The van der Waals surface area contributed by atoms with E-state index in [-0.39, 0.29) is 12.1 Å². The maximum absolute atomic E-state index is 12.8. The molecule has 0 radical (unpaired) electrons. The summed E-state index contributed by atoms with van der Waals surface area (Å²) < 4.78 is 13.4. The van der Waals surface area contributed by atoms with Crippen LogP contribution in [0.15, 0.2) is 54.6 Å². The summed E-state index contributed by atoms with van der Waals surface area (Å²) in [5, 5.41) is 7.75. The molecule has 0 fully saturated rings. The van der Waals surface area contributed by atoms with Crippen LogP contribution >= 0.6 is 0 Å². The molecule has 0 saturated carbocycles. The number of hydrogen-bond donors (Lipinski definition) is 1. The smallest absolute Gasteiger partial charge is 0.317 e. The van der Waals surface area contributed by atoms with Gasteiger partial charge >= 0.3 is 6.03 Å². The number of aromatic nitrogens is 2. The van der Waals surface area contributed by atoms with Crippen LogP contribution in [0.25, 0.3) is 5.69 Å². The van der Waals surface area contributed by atoms with Crippen molar-refractivity contribution in [1.82, 2.24) is 20.0 Å². The Kier molecular flexibility index (Phi) is 7.76. The lowest BCUT2D eigenvalue weighted by atomic mass is 10.2. The van der Waals surface area contributed by atoms with E-state index in [9.17, 15) is 4.79 Å². The predicted octanol–water partition coefficient (Wildman–Crippen LogP) is 5.31. The van der Waals surface area contributed by atoms with E-state index < -0.39 is 0 Å². The van der Waals surface area contributed by atoms with Gasteiger partial charge in [-0.3, -0.25) is 0 Å². The Labute approximate surface area is 190 Å². The van der Waals surface area contributed by atoms with Crippen molar-refractivity contribution in [2.24, 2.45) is 0 Å². The Morgan fingerprint density at radius 1 is 1.09 bits per heavy atom. The van der Waals surface area contributed by atoms with Crippen molar-refractivity contribution in [2.45, 2.75) is 46.7 Å². The van der Waals surface area contributed by atoms with Gasteiger partial charge in [-0.1, -0.05) is 25.1 Å². The first-order valence-electron chi connectivity index (χ1n) is 10.9. The van der Waals surface area contributed by atoms with Crippen LogP contribution in [0.3, 0.4) is 0 Å². The largest absolute Gasteiger partial charge is 0.497 e. The molecule has 170 valence electrons. The molecule has 1 N–H and O–H groups in total. The quantitative estimate of drug-likeness (QED) is 0.493. The Balaban J connectivity index is 2.01. The van der Waals surface area contributed by atoms with Crippen molar-refractivity contribution in [3.05, 3.63) is 65.9 Å². The van der Waals surface area contributed by atoms with Crippen molar-refractivity contribution < 1.29 is 14.3 Å². The van der Waals surface area contributed by atoms with E-state index in [1.165, 1.54) is 0 Å². The molecule has 7 heteroatoms. The van der Waals surface area contributed by atoms with Gasteiger partial charge in [-0.25, -0.2) is 9.48 Å². The van der Waals surface area contributed by atoms with Crippen LogP contribution in [-0.4, -0.2) is 40.4 Å². The van der Waals surface area contributed by atoms with Crippen LogP contribution in [0.4, 0.5) is 4.79 Å². The molecule has 0 saturated heterocycles. The first-order chi connectivity index (χ1) is 15.4. The van der Waals surface area contributed by atoms with Gasteiger partial charge in [0.25, 0.3) is 0 Å². The molecule has 0 unspecified atom stereocenters. The summed E-state index contributed by atoms with van der Waals surface area (Å²) in [7, 11) is 1.63. The summed E-state index contributed by atoms with van der Waals surface area (Å²) in [6.45, 7) is 8.95. The highest BCUT2D eigenvalue weighted by atomic mass is 16.5. The minimum Gasteiger partial charge on any atom is -0.497 e. The molecular formula is C25H32N4O3. The lowest BCUT2D eigenvalue weighted by Gasteiger charge is -2.24. The van der Waals surface area contributed by atoms with Crippen LogP contribution < -0.4 is 14.8 Å². The first-order valence-corrected chi connectivity index (χ1v) is 10.9. The van der Waals surface area contributed by atoms with E-state index in [1.807, 2.05) is 75.4 Å². The summed E-state index contributed by atoms with van der Waals surface area (Å²) in [6, 6.07) is 17.2. The van der Waals surface area contributed by atoms with Crippen molar-refractivity contribution in [3.63, 3.8) is 0 Å². The van der Waals surface area contributed by atoms with Crippen molar-refractivity contribution in [2.75, 3.05) is 13.7 Å². The lowest BCUT2D eigenvalue weighted by molar-refractivity contribution is 0.192. The highest BCUT2D eigenvalue weighted by Gasteiger charge is 2.23. The number of rotatable bonds is 9. The molecule has 2 aromatic carbocycles. The van der Waals surface area contributed by atoms with E-state index in [0.717, 1.165) is 29.1 Å². The molecule has 7 nitrogen and oxygen atoms in total. The van der Waals surface area contributed by atoms with Gasteiger partial charge in [0.1, 0.15) is 11.5 Å². The number of ether oxygens (including phenoxy) is 2. The summed E-state index contributed by atoms with van der Waals surface area (Å²) in [4.78, 5) is 14.6. The third-order valence-corrected chi connectivity index (χ3v) is 4.95. The maximum Gasteiger partial charge on any atom is 0.317 e. The summed E-state index contributed by atoms with van der Waals surface area (Å²) in [5.41, 5.74) is 2.58. The van der Waals surface area contributed by atoms with Crippen molar-refractivity contribution in [3.8, 4) is 23.1 Å². The average Bonchev–Trinajstić information content (AvgIpc) is 3.09. The molecule has 3 rings (SSSR count). The van der Waals surface area contributed by atoms with Crippen LogP contribution in [-0.2, 0) is 6.54 Å². The fourth-order valence-electron chi connectivity index (χ4n) is 3.38. The highest BCUT2D eigenvalue weighted by molar-refractivity contribution is 5.74. The number of urea groups is 1. The number of para-hydroxylation sites is 1. The maximum atomic E-state index is 12.8. The second-order valence-corrected chi connectivity index (χ2v) is 7.92. The second-order valence-electron chi connectivity index (χ2n) is 7.92. The van der Waals surface area contributed by atoms with E-state index in [2.05, 4.69) is 12.2 Å². The van der Waals surface area contributed by atoms with E-state index in [1.54, 1.807) is 16.7 Å². The van der Waals surface area contributed by atoms with Gasteiger partial charge in [-0.05, 0) is 63.6 Å². The van der Waals surface area contributed by atoms with E-state index >= 15 is 0 Å². The number of benzene rings is 2. The van der Waals surface area contributed by atoms with Gasteiger partial charge < -0.3 is 19.7 Å². The van der Waals surface area contributed by atoms with Gasteiger partial charge in [0.15, 0.2) is 0 Å². The van der Waals surface area contributed by atoms with Gasteiger partial charge in [0, 0.05) is 12.6 Å². The standard InChI is InChI=1S/C25H32N4O3/c1-6-16-28(25(30)26-18(2)3)17-23-19(4)27-29(20-10-8-7-9-11-20)24(23)32-22-14-12-21(31-5)13-15-22/h7-15,18H,6,16-17H2,1-5H3,(H,26,30). The molecule has 0 aliphatic rings. The molecule has 32 heavy (non-hydrogen) atoms. The zero-order valence-corrected chi connectivity index (χ0v) is 19.5. The second kappa shape index (κ2) is 10.7. The molecule has 1 aromatic heterocycles. The molecule has 0 aliphatic carbocycles. The van der Waals surface area contributed by atoms with Crippen LogP contribution in [0.1, 0.15) is 38.4 Å². The number of methoxy groups -OCH3 is 1. The number of nitrogens with one attached hydrogen (secondary N) is 1. The molecular weight excluding hydrogens is 404 g/mol. The van der Waals surface area contributed by atoms with E-state index in [4.69, 9.17) is 14.6 Å². The number of amides is 2. The van der Waals surface area contributed by atoms with Gasteiger partial charge in [-0.2, -0.15) is 5.10 Å². The Hall–Kier alpha value is -3.48. The molecule has 2 amide bonds. The minimum absolute atomic E-state index is 0.0602. The number of carbonyl (C=O) groups excluding carboxylic acids is 1. The van der Waals surface area contributed by atoms with E-state index in [0.29, 0.717) is 24.7 Å². The molecule has 0 aliphatic heterocycles. The number of hydrogen-bond acceptors (Lipinski definition) is 4. The Morgan fingerprint density at radius 2 is 1.75 bits per heavy atom.